The van der Waals surface area contributed by atoms with Gasteiger partial charge in [-0.2, -0.15) is 0 Å². The Kier molecular flexibility index (Phi) is 39.1. The van der Waals surface area contributed by atoms with Gasteiger partial charge in [0.25, 0.3) is 0 Å². The summed E-state index contributed by atoms with van der Waals surface area (Å²) in [7, 11) is 1.58. The van der Waals surface area contributed by atoms with Crippen LogP contribution in [-0.4, -0.2) is 73.4 Å². The Morgan fingerprint density at radius 3 is 1.32 bits per heavy atom. The summed E-state index contributed by atoms with van der Waals surface area (Å²) < 4.78 is 23.6. The van der Waals surface area contributed by atoms with Crippen LogP contribution in [0.3, 0.4) is 0 Å². The third-order valence-electron chi connectivity index (χ3n) is 11.0. The molecule has 0 aromatic carbocycles. The van der Waals surface area contributed by atoms with E-state index in [1.807, 2.05) is 27.2 Å². The lowest BCUT2D eigenvalue weighted by Crippen LogP contribution is -2.45. The Balaban J connectivity index is 4.34. The third-order valence-corrected chi connectivity index (χ3v) is 12.0. The van der Waals surface area contributed by atoms with E-state index in [2.05, 4.69) is 19.2 Å². The Morgan fingerprint density at radius 2 is 0.946 bits per heavy atom. The summed E-state index contributed by atoms with van der Waals surface area (Å²) in [4.78, 5) is 23.2. The number of unbranched alkanes of at least 4 members (excludes halogenated alkanes) is 31. The molecular formula is C47H96N2O6P+. The van der Waals surface area contributed by atoms with Crippen molar-refractivity contribution in [3.8, 4) is 0 Å². The molecule has 0 saturated carbocycles. The summed E-state index contributed by atoms with van der Waals surface area (Å²) >= 11 is 0. The van der Waals surface area contributed by atoms with Crippen molar-refractivity contribution in [2.75, 3.05) is 40.9 Å². The summed E-state index contributed by atoms with van der Waals surface area (Å²) in [6.07, 6.45) is 45.6. The fraction of sp³-hybridized carbons (Fsp3) is 0.936. The van der Waals surface area contributed by atoms with Crippen LogP contribution in [0.15, 0.2) is 12.2 Å². The second-order valence-corrected chi connectivity index (χ2v) is 19.3. The van der Waals surface area contributed by atoms with Crippen LogP contribution in [0.4, 0.5) is 0 Å². The van der Waals surface area contributed by atoms with Crippen LogP contribution >= 0.6 is 7.82 Å². The standard InChI is InChI=1S/C47H95N2O6P/c1-6-8-10-12-14-16-18-20-22-24-26-28-30-32-34-36-38-40-46(50)45(44-55-56(52,53)54-43-42-49(3,4)5)48-47(51)41-39-37-35-33-31-29-27-25-23-21-19-17-15-13-11-9-7-2/h38,40,45-46,50H,6-37,39,41-44H2,1-5H3,(H-,48,51,52,53)/p+1/b40-38+. The second kappa shape index (κ2) is 39.7. The van der Waals surface area contributed by atoms with Crippen molar-refractivity contribution >= 4 is 13.7 Å². The molecule has 0 aliphatic rings. The predicted molar refractivity (Wildman–Crippen MR) is 240 cm³/mol. The monoisotopic (exact) mass is 816 g/mol. The van der Waals surface area contributed by atoms with E-state index in [1.54, 1.807) is 6.08 Å². The average molecular weight is 816 g/mol. The summed E-state index contributed by atoms with van der Waals surface area (Å²) in [6, 6.07) is -0.840. The van der Waals surface area contributed by atoms with Gasteiger partial charge in [0.15, 0.2) is 0 Å². The minimum Gasteiger partial charge on any atom is -0.387 e. The number of aliphatic hydroxyl groups excluding tert-OH is 1. The van der Waals surface area contributed by atoms with Gasteiger partial charge in [-0.15, -0.1) is 0 Å². The van der Waals surface area contributed by atoms with Crippen molar-refractivity contribution in [3.05, 3.63) is 12.2 Å². The summed E-state index contributed by atoms with van der Waals surface area (Å²) in [5, 5.41) is 13.9. The highest BCUT2D eigenvalue weighted by Gasteiger charge is 2.27. The number of likely N-dealkylation sites (N-methyl/N-ethyl adjacent to an activating group) is 1. The molecule has 56 heavy (non-hydrogen) atoms. The number of phosphoric acid groups is 1. The first-order valence-electron chi connectivity index (χ1n) is 24.1. The van der Waals surface area contributed by atoms with E-state index in [9.17, 15) is 19.4 Å². The number of hydrogen-bond donors (Lipinski definition) is 3. The maximum absolute atomic E-state index is 12.9. The van der Waals surface area contributed by atoms with Crippen LogP contribution in [0.25, 0.3) is 0 Å². The number of allylic oxidation sites excluding steroid dienone is 1. The number of amides is 1. The number of rotatable bonds is 44. The molecule has 1 amide bonds. The first-order valence-corrected chi connectivity index (χ1v) is 25.6. The largest absolute Gasteiger partial charge is 0.472 e. The highest BCUT2D eigenvalue weighted by atomic mass is 31.2. The van der Waals surface area contributed by atoms with Crippen LogP contribution in [0.2, 0.25) is 0 Å². The number of nitrogens with zero attached hydrogens (tertiary/aromatic N) is 1. The summed E-state index contributed by atoms with van der Waals surface area (Å²) in [5.41, 5.74) is 0. The maximum Gasteiger partial charge on any atom is 0.472 e. The van der Waals surface area contributed by atoms with Gasteiger partial charge in [-0.1, -0.05) is 219 Å². The Bertz CT molecular complexity index is 927. The van der Waals surface area contributed by atoms with Crippen molar-refractivity contribution in [1.82, 2.24) is 5.32 Å². The Morgan fingerprint density at radius 1 is 0.589 bits per heavy atom. The maximum atomic E-state index is 12.9. The van der Waals surface area contributed by atoms with Gasteiger partial charge in [0, 0.05) is 6.42 Å². The highest BCUT2D eigenvalue weighted by molar-refractivity contribution is 7.47. The molecular weight excluding hydrogens is 719 g/mol. The normalized spacial score (nSPS) is 14.3. The lowest BCUT2D eigenvalue weighted by molar-refractivity contribution is -0.870. The van der Waals surface area contributed by atoms with E-state index in [0.29, 0.717) is 17.4 Å². The zero-order valence-corrected chi connectivity index (χ0v) is 38.8. The fourth-order valence-electron chi connectivity index (χ4n) is 7.16. The molecule has 0 spiro atoms. The molecule has 0 aliphatic carbocycles. The third kappa shape index (κ3) is 41.4. The molecule has 0 fully saturated rings. The molecule has 3 atom stereocenters. The van der Waals surface area contributed by atoms with Gasteiger partial charge >= 0.3 is 7.82 Å². The molecule has 8 nitrogen and oxygen atoms in total. The predicted octanol–water partition coefficient (Wildman–Crippen LogP) is 13.5. The minimum atomic E-state index is -4.33. The molecule has 3 N–H and O–H groups in total. The van der Waals surface area contributed by atoms with E-state index in [4.69, 9.17) is 9.05 Å². The number of carbonyl (C=O) groups excluding carboxylic acids is 1. The fourth-order valence-corrected chi connectivity index (χ4v) is 7.90. The Hall–Kier alpha value is -0.760. The number of phosphoric ester groups is 1. The van der Waals surface area contributed by atoms with Crippen molar-refractivity contribution < 1.29 is 32.9 Å². The summed E-state index contributed by atoms with van der Waals surface area (Å²) in [6.45, 7) is 4.84. The molecule has 0 aliphatic heterocycles. The van der Waals surface area contributed by atoms with Gasteiger partial charge in [0.1, 0.15) is 13.2 Å². The topological polar surface area (TPSA) is 105 Å². The van der Waals surface area contributed by atoms with Crippen LogP contribution in [0, 0.1) is 0 Å². The van der Waals surface area contributed by atoms with E-state index in [0.717, 1.165) is 32.1 Å². The molecule has 0 saturated heterocycles. The molecule has 0 aromatic rings. The van der Waals surface area contributed by atoms with Gasteiger partial charge in [0.2, 0.25) is 5.91 Å². The van der Waals surface area contributed by atoms with Gasteiger partial charge in [0.05, 0.1) is 39.9 Å². The first-order chi connectivity index (χ1) is 27.0. The minimum absolute atomic E-state index is 0.0648. The Labute approximate surface area is 348 Å². The van der Waals surface area contributed by atoms with Crippen molar-refractivity contribution in [2.45, 2.75) is 244 Å². The smallest absolute Gasteiger partial charge is 0.387 e. The molecule has 0 rings (SSSR count). The van der Waals surface area contributed by atoms with Crippen LogP contribution in [0.1, 0.15) is 232 Å². The van der Waals surface area contributed by atoms with E-state index >= 15 is 0 Å². The first kappa shape index (κ1) is 55.2. The van der Waals surface area contributed by atoms with Gasteiger partial charge < -0.3 is 19.8 Å². The lowest BCUT2D eigenvalue weighted by atomic mass is 10.0. The number of carbonyl (C=O) groups is 1. The van der Waals surface area contributed by atoms with Gasteiger partial charge in [-0.25, -0.2) is 4.57 Å². The zero-order chi connectivity index (χ0) is 41.4. The molecule has 9 heteroatoms. The quantitative estimate of drug-likeness (QED) is 0.0245. The molecule has 3 unspecified atom stereocenters. The van der Waals surface area contributed by atoms with Gasteiger partial charge in [-0.05, 0) is 19.3 Å². The lowest BCUT2D eigenvalue weighted by Gasteiger charge is -2.25. The molecule has 334 valence electrons. The van der Waals surface area contributed by atoms with Crippen LogP contribution < -0.4 is 5.32 Å². The number of quaternary nitrogens is 1. The molecule has 0 radical (unpaired) electrons. The highest BCUT2D eigenvalue weighted by Crippen LogP contribution is 2.43. The van der Waals surface area contributed by atoms with Gasteiger partial charge in [-0.3, -0.25) is 13.8 Å². The van der Waals surface area contributed by atoms with Crippen LogP contribution in [-0.2, 0) is 18.4 Å². The number of hydrogen-bond acceptors (Lipinski definition) is 5. The summed E-state index contributed by atoms with van der Waals surface area (Å²) in [5.74, 6) is -0.173. The second-order valence-electron chi connectivity index (χ2n) is 17.8. The SMILES string of the molecule is CCCCCCCCCCCCCCCCC/C=C/C(O)C(COP(=O)(O)OCC[N+](C)(C)C)NC(=O)CCCCCCCCCCCCCCCCCCC. The van der Waals surface area contributed by atoms with Crippen molar-refractivity contribution in [2.24, 2.45) is 0 Å². The average Bonchev–Trinajstić information content (AvgIpc) is 3.15. The van der Waals surface area contributed by atoms with E-state index in [1.165, 1.54) is 180 Å². The van der Waals surface area contributed by atoms with E-state index < -0.39 is 20.0 Å². The number of aliphatic hydroxyl groups is 1. The van der Waals surface area contributed by atoms with Crippen molar-refractivity contribution in [3.63, 3.8) is 0 Å². The van der Waals surface area contributed by atoms with Crippen molar-refractivity contribution in [1.29, 1.82) is 0 Å². The van der Waals surface area contributed by atoms with E-state index in [-0.39, 0.29) is 19.1 Å². The zero-order valence-electron chi connectivity index (χ0n) is 37.9. The molecule has 0 aromatic heterocycles. The molecule has 0 bridgehead atoms. The van der Waals surface area contributed by atoms with Crippen LogP contribution in [0.5, 0.6) is 0 Å². The number of nitrogens with one attached hydrogen (secondary N) is 1. The molecule has 0 heterocycles.